The van der Waals surface area contributed by atoms with Crippen LogP contribution in [-0.4, -0.2) is 26.2 Å². The molecule has 0 amide bonds. The maximum atomic E-state index is 5.36. The fraction of sp³-hybridized carbons (Fsp3) is 0.562. The van der Waals surface area contributed by atoms with Crippen LogP contribution < -0.4 is 15.4 Å². The van der Waals surface area contributed by atoms with E-state index in [1.54, 1.807) is 7.11 Å². The Morgan fingerprint density at radius 1 is 1.25 bits per heavy atom. The van der Waals surface area contributed by atoms with E-state index in [4.69, 9.17) is 4.74 Å². The van der Waals surface area contributed by atoms with Gasteiger partial charge in [-0.15, -0.1) is 0 Å². The molecule has 110 valence electrons. The van der Waals surface area contributed by atoms with Gasteiger partial charge in [0.2, 0.25) is 0 Å². The van der Waals surface area contributed by atoms with Gasteiger partial charge in [-0.05, 0) is 18.9 Å². The molecule has 4 nitrogen and oxygen atoms in total. The van der Waals surface area contributed by atoms with E-state index >= 15 is 0 Å². The largest absolute Gasteiger partial charge is 0.496 e. The average Bonchev–Trinajstić information content (AvgIpc) is 2.52. The molecular weight excluding hydrogens is 250 g/mol. The Balaban J connectivity index is 1.87. The van der Waals surface area contributed by atoms with E-state index in [1.165, 1.54) is 32.1 Å². The molecular formula is C16H25N3O. The fourth-order valence-corrected chi connectivity index (χ4v) is 2.66. The molecule has 0 atom stereocenters. The molecule has 1 aromatic rings. The molecule has 0 unspecified atom stereocenters. The van der Waals surface area contributed by atoms with Gasteiger partial charge in [0.05, 0.1) is 7.11 Å². The second kappa shape index (κ2) is 7.78. The van der Waals surface area contributed by atoms with Crippen molar-refractivity contribution >= 4 is 5.96 Å². The van der Waals surface area contributed by atoms with Crippen LogP contribution in [0.3, 0.4) is 0 Å². The van der Waals surface area contributed by atoms with Gasteiger partial charge in [0.1, 0.15) is 5.75 Å². The summed E-state index contributed by atoms with van der Waals surface area (Å²) in [6.45, 7) is 0.719. The molecule has 0 heterocycles. The molecule has 0 saturated heterocycles. The molecule has 1 aliphatic rings. The van der Waals surface area contributed by atoms with Crippen molar-refractivity contribution in [2.24, 2.45) is 4.99 Å². The minimum Gasteiger partial charge on any atom is -0.496 e. The number of aliphatic imine (C=N–C) groups is 1. The van der Waals surface area contributed by atoms with Crippen LogP contribution in [0, 0.1) is 0 Å². The van der Waals surface area contributed by atoms with E-state index in [1.807, 2.05) is 25.2 Å². The molecule has 4 heteroatoms. The van der Waals surface area contributed by atoms with Crippen LogP contribution in [0.4, 0.5) is 0 Å². The van der Waals surface area contributed by atoms with Gasteiger partial charge in [-0.25, -0.2) is 0 Å². The summed E-state index contributed by atoms with van der Waals surface area (Å²) in [4.78, 5) is 4.31. The van der Waals surface area contributed by atoms with E-state index in [2.05, 4.69) is 21.7 Å². The quantitative estimate of drug-likeness (QED) is 0.656. The molecule has 0 aromatic heterocycles. The van der Waals surface area contributed by atoms with E-state index in [-0.39, 0.29) is 0 Å². The molecule has 0 spiro atoms. The second-order valence-electron chi connectivity index (χ2n) is 5.22. The number of guanidine groups is 1. The Morgan fingerprint density at radius 3 is 2.70 bits per heavy atom. The number of ether oxygens (including phenoxy) is 1. The number of para-hydroxylation sites is 1. The predicted molar refractivity (Wildman–Crippen MR) is 83.2 cm³/mol. The van der Waals surface area contributed by atoms with Crippen molar-refractivity contribution in [3.8, 4) is 5.75 Å². The molecule has 0 radical (unpaired) electrons. The Labute approximate surface area is 121 Å². The van der Waals surface area contributed by atoms with E-state index in [9.17, 15) is 0 Å². The zero-order valence-electron chi connectivity index (χ0n) is 12.5. The summed E-state index contributed by atoms with van der Waals surface area (Å²) in [7, 11) is 3.52. The normalized spacial score (nSPS) is 16.8. The van der Waals surface area contributed by atoms with Crippen molar-refractivity contribution in [1.29, 1.82) is 0 Å². The van der Waals surface area contributed by atoms with Crippen molar-refractivity contribution in [3.05, 3.63) is 29.8 Å². The summed E-state index contributed by atoms with van der Waals surface area (Å²) in [6.07, 6.45) is 6.50. The highest BCUT2D eigenvalue weighted by molar-refractivity contribution is 5.80. The summed E-state index contributed by atoms with van der Waals surface area (Å²) in [5, 5.41) is 6.88. The van der Waals surface area contributed by atoms with Crippen LogP contribution in [0.25, 0.3) is 0 Å². The summed E-state index contributed by atoms with van der Waals surface area (Å²) < 4.78 is 5.36. The highest BCUT2D eigenvalue weighted by Crippen LogP contribution is 2.18. The standard InChI is InChI=1S/C16H25N3O/c1-17-16(19-14-9-4-3-5-10-14)18-12-13-8-6-7-11-15(13)20-2/h6-8,11,14H,3-5,9-10,12H2,1-2H3,(H2,17,18,19). The third kappa shape index (κ3) is 4.15. The molecule has 2 N–H and O–H groups in total. The monoisotopic (exact) mass is 275 g/mol. The van der Waals surface area contributed by atoms with Gasteiger partial charge >= 0.3 is 0 Å². The Kier molecular flexibility index (Phi) is 5.71. The van der Waals surface area contributed by atoms with Crippen LogP contribution in [0.15, 0.2) is 29.3 Å². The van der Waals surface area contributed by atoms with Crippen LogP contribution >= 0.6 is 0 Å². The van der Waals surface area contributed by atoms with E-state index < -0.39 is 0 Å². The lowest BCUT2D eigenvalue weighted by Crippen LogP contribution is -2.43. The Morgan fingerprint density at radius 2 is 2.00 bits per heavy atom. The number of rotatable bonds is 4. The summed E-state index contributed by atoms with van der Waals surface area (Å²) in [5.41, 5.74) is 1.14. The SMILES string of the molecule is CN=C(NCc1ccccc1OC)NC1CCCCC1. The molecule has 2 rings (SSSR count). The van der Waals surface area contributed by atoms with E-state index in [0.717, 1.165) is 23.8 Å². The van der Waals surface area contributed by atoms with Gasteiger partial charge in [0.25, 0.3) is 0 Å². The number of benzene rings is 1. The lowest BCUT2D eigenvalue weighted by atomic mass is 9.96. The van der Waals surface area contributed by atoms with Gasteiger partial charge in [0.15, 0.2) is 5.96 Å². The first-order valence-electron chi connectivity index (χ1n) is 7.42. The van der Waals surface area contributed by atoms with Crippen LogP contribution in [0.1, 0.15) is 37.7 Å². The van der Waals surface area contributed by atoms with Crippen molar-refractivity contribution in [2.75, 3.05) is 14.2 Å². The first kappa shape index (κ1) is 14.7. The Hall–Kier alpha value is -1.71. The molecule has 1 fully saturated rings. The van der Waals surface area contributed by atoms with Crippen molar-refractivity contribution in [3.63, 3.8) is 0 Å². The third-order valence-corrected chi connectivity index (χ3v) is 3.81. The molecule has 1 aliphatic carbocycles. The van der Waals surface area contributed by atoms with Gasteiger partial charge < -0.3 is 15.4 Å². The van der Waals surface area contributed by atoms with E-state index in [0.29, 0.717) is 6.04 Å². The number of nitrogens with zero attached hydrogens (tertiary/aromatic N) is 1. The maximum Gasteiger partial charge on any atom is 0.191 e. The number of nitrogens with one attached hydrogen (secondary N) is 2. The van der Waals surface area contributed by atoms with Gasteiger partial charge in [-0.2, -0.15) is 0 Å². The second-order valence-corrected chi connectivity index (χ2v) is 5.22. The molecule has 1 aromatic carbocycles. The van der Waals surface area contributed by atoms with Crippen molar-refractivity contribution in [2.45, 2.75) is 44.7 Å². The van der Waals surface area contributed by atoms with Crippen LogP contribution in [0.2, 0.25) is 0 Å². The first-order chi connectivity index (χ1) is 9.83. The van der Waals surface area contributed by atoms with Gasteiger partial charge in [-0.3, -0.25) is 4.99 Å². The molecule has 20 heavy (non-hydrogen) atoms. The first-order valence-corrected chi connectivity index (χ1v) is 7.42. The number of hydrogen-bond donors (Lipinski definition) is 2. The highest BCUT2D eigenvalue weighted by Gasteiger charge is 2.14. The predicted octanol–water partition coefficient (Wildman–Crippen LogP) is 2.69. The summed E-state index contributed by atoms with van der Waals surface area (Å²) >= 11 is 0. The number of hydrogen-bond acceptors (Lipinski definition) is 2. The lowest BCUT2D eigenvalue weighted by molar-refractivity contribution is 0.405. The maximum absolute atomic E-state index is 5.36. The summed E-state index contributed by atoms with van der Waals surface area (Å²) in [6, 6.07) is 8.62. The highest BCUT2D eigenvalue weighted by atomic mass is 16.5. The minimum absolute atomic E-state index is 0.563. The van der Waals surface area contributed by atoms with Crippen molar-refractivity contribution < 1.29 is 4.74 Å². The fourth-order valence-electron chi connectivity index (χ4n) is 2.66. The van der Waals surface area contributed by atoms with Gasteiger partial charge in [0, 0.05) is 25.2 Å². The zero-order valence-corrected chi connectivity index (χ0v) is 12.5. The smallest absolute Gasteiger partial charge is 0.191 e. The zero-order chi connectivity index (χ0) is 14.2. The number of methoxy groups -OCH3 is 1. The third-order valence-electron chi connectivity index (χ3n) is 3.81. The topological polar surface area (TPSA) is 45.7 Å². The summed E-state index contributed by atoms with van der Waals surface area (Å²) in [5.74, 6) is 1.79. The molecule has 1 saturated carbocycles. The van der Waals surface area contributed by atoms with Crippen molar-refractivity contribution in [1.82, 2.24) is 10.6 Å². The minimum atomic E-state index is 0.563. The Bertz CT molecular complexity index is 439. The van der Waals surface area contributed by atoms with Crippen LogP contribution in [-0.2, 0) is 6.54 Å². The lowest BCUT2D eigenvalue weighted by Gasteiger charge is -2.25. The van der Waals surface area contributed by atoms with Gasteiger partial charge in [-0.1, -0.05) is 37.5 Å². The average molecular weight is 275 g/mol. The van der Waals surface area contributed by atoms with Crippen LogP contribution in [0.5, 0.6) is 5.75 Å². The molecule has 0 bridgehead atoms. The molecule has 0 aliphatic heterocycles.